The van der Waals surface area contributed by atoms with Gasteiger partial charge in [-0.1, -0.05) is 13.0 Å². The Labute approximate surface area is 140 Å². The van der Waals surface area contributed by atoms with Gasteiger partial charge in [-0.15, -0.1) is 0 Å². The number of aliphatic hydroxyl groups excluding tert-OH is 1. The van der Waals surface area contributed by atoms with E-state index in [-0.39, 0.29) is 12.6 Å². The van der Waals surface area contributed by atoms with E-state index in [4.69, 9.17) is 4.98 Å². The molecule has 0 aromatic carbocycles. The molecule has 0 bridgehead atoms. The van der Waals surface area contributed by atoms with Gasteiger partial charge >= 0.3 is 0 Å². The molecule has 3 rings (SSSR count). The molecule has 0 amide bonds. The third kappa shape index (κ3) is 3.38. The first-order valence-electron chi connectivity index (χ1n) is 7.87. The van der Waals surface area contributed by atoms with Crippen LogP contribution in [0.3, 0.4) is 0 Å². The van der Waals surface area contributed by atoms with Gasteiger partial charge in [-0.3, -0.25) is 4.98 Å². The molecule has 0 saturated heterocycles. The van der Waals surface area contributed by atoms with Crippen molar-refractivity contribution >= 4 is 11.6 Å². The second kappa shape index (κ2) is 7.61. The molecule has 0 aliphatic rings. The molecule has 0 saturated carbocycles. The van der Waals surface area contributed by atoms with Crippen LogP contribution in [0, 0.1) is 0 Å². The summed E-state index contributed by atoms with van der Waals surface area (Å²) in [5, 5.41) is 9.78. The van der Waals surface area contributed by atoms with Gasteiger partial charge in [0.05, 0.1) is 18.3 Å². The topological polar surface area (TPSA) is 75.0 Å². The zero-order valence-electron chi connectivity index (χ0n) is 13.4. The van der Waals surface area contributed by atoms with E-state index in [0.717, 1.165) is 23.5 Å². The molecule has 0 radical (unpaired) electrons. The van der Waals surface area contributed by atoms with E-state index >= 15 is 0 Å². The second-order valence-corrected chi connectivity index (χ2v) is 5.30. The maximum absolute atomic E-state index is 9.78. The highest BCUT2D eigenvalue weighted by molar-refractivity contribution is 5.64. The minimum absolute atomic E-state index is 0.0132. The lowest BCUT2D eigenvalue weighted by atomic mass is 10.1. The van der Waals surface area contributed by atoms with Crippen LogP contribution in [0.5, 0.6) is 0 Å². The average Bonchev–Trinajstić information content (AvgIpc) is 2.67. The first kappa shape index (κ1) is 16.0. The molecular formula is C18H19N5O. The first-order valence-corrected chi connectivity index (χ1v) is 7.87. The number of aromatic nitrogens is 4. The normalized spacial score (nSPS) is 11.9. The van der Waals surface area contributed by atoms with Crippen molar-refractivity contribution in [1.29, 1.82) is 0 Å². The van der Waals surface area contributed by atoms with Gasteiger partial charge in [-0.2, -0.15) is 0 Å². The molecule has 0 fully saturated rings. The minimum Gasteiger partial charge on any atom is -0.394 e. The van der Waals surface area contributed by atoms with E-state index in [1.54, 1.807) is 18.6 Å². The summed E-state index contributed by atoms with van der Waals surface area (Å²) in [5.41, 5.74) is 1.77. The summed E-state index contributed by atoms with van der Waals surface area (Å²) in [6.45, 7) is 2.04. The Morgan fingerprint density at radius 3 is 2.62 bits per heavy atom. The molecular weight excluding hydrogens is 302 g/mol. The van der Waals surface area contributed by atoms with Gasteiger partial charge in [0, 0.05) is 24.2 Å². The highest BCUT2D eigenvalue weighted by atomic mass is 16.3. The van der Waals surface area contributed by atoms with E-state index in [1.165, 1.54) is 6.33 Å². The average molecular weight is 321 g/mol. The number of aliphatic hydroxyl groups is 1. The number of pyridine rings is 2. The number of nitrogens with zero attached hydrogens (tertiary/aromatic N) is 5. The van der Waals surface area contributed by atoms with Crippen LogP contribution < -0.4 is 4.90 Å². The predicted octanol–water partition coefficient (Wildman–Crippen LogP) is 2.84. The summed E-state index contributed by atoms with van der Waals surface area (Å²) in [5.74, 6) is 1.44. The largest absolute Gasteiger partial charge is 0.394 e. The van der Waals surface area contributed by atoms with Gasteiger partial charge in [0.15, 0.2) is 0 Å². The lowest BCUT2D eigenvalue weighted by molar-refractivity contribution is 0.261. The minimum atomic E-state index is -0.114. The molecule has 24 heavy (non-hydrogen) atoms. The number of hydrogen-bond donors (Lipinski definition) is 1. The highest BCUT2D eigenvalue weighted by Gasteiger charge is 2.21. The van der Waals surface area contributed by atoms with Gasteiger partial charge in [0.2, 0.25) is 0 Å². The van der Waals surface area contributed by atoms with E-state index in [2.05, 4.69) is 15.0 Å². The molecule has 1 atom stereocenters. The Balaban J connectivity index is 2.05. The third-order valence-electron chi connectivity index (χ3n) is 3.80. The van der Waals surface area contributed by atoms with Gasteiger partial charge < -0.3 is 10.0 Å². The number of rotatable bonds is 6. The maximum Gasteiger partial charge on any atom is 0.137 e. The van der Waals surface area contributed by atoms with Gasteiger partial charge in [0.25, 0.3) is 0 Å². The van der Waals surface area contributed by atoms with Gasteiger partial charge in [-0.05, 0) is 36.8 Å². The van der Waals surface area contributed by atoms with E-state index in [9.17, 15) is 5.11 Å². The van der Waals surface area contributed by atoms with Crippen molar-refractivity contribution in [1.82, 2.24) is 19.9 Å². The summed E-state index contributed by atoms with van der Waals surface area (Å²) < 4.78 is 0. The molecule has 0 spiro atoms. The smallest absolute Gasteiger partial charge is 0.137 e. The molecule has 1 N–H and O–H groups in total. The molecule has 122 valence electrons. The summed E-state index contributed by atoms with van der Waals surface area (Å²) in [4.78, 5) is 19.1. The monoisotopic (exact) mass is 321 g/mol. The van der Waals surface area contributed by atoms with Crippen molar-refractivity contribution in [3.05, 3.63) is 61.3 Å². The molecule has 3 aromatic rings. The molecule has 0 aliphatic carbocycles. The van der Waals surface area contributed by atoms with Crippen LogP contribution in [0.1, 0.15) is 13.3 Å². The SMILES string of the molecule is CCC(CO)N(c1ccncn1)c1cccc(-c2cccnc2)n1. The maximum atomic E-state index is 9.78. The van der Waals surface area contributed by atoms with Crippen molar-refractivity contribution in [3.8, 4) is 11.3 Å². The fourth-order valence-electron chi connectivity index (χ4n) is 2.54. The standard InChI is InChI=1S/C18H19N5O/c1-2-15(12-24)23(17-8-10-20-13-21-17)18-7-3-6-16(22-18)14-5-4-9-19-11-14/h3-11,13,15,24H,2,12H2,1H3. The Morgan fingerprint density at radius 2 is 1.96 bits per heavy atom. The molecule has 3 heterocycles. The number of anilines is 2. The van der Waals surface area contributed by atoms with Crippen LogP contribution in [0.25, 0.3) is 11.3 Å². The zero-order valence-corrected chi connectivity index (χ0v) is 13.4. The van der Waals surface area contributed by atoms with Gasteiger partial charge in [-0.25, -0.2) is 15.0 Å². The summed E-state index contributed by atoms with van der Waals surface area (Å²) in [6, 6.07) is 11.4. The van der Waals surface area contributed by atoms with Crippen LogP contribution in [0.15, 0.2) is 61.3 Å². The molecule has 6 heteroatoms. The molecule has 0 aliphatic heterocycles. The van der Waals surface area contributed by atoms with E-state index < -0.39 is 0 Å². The second-order valence-electron chi connectivity index (χ2n) is 5.30. The summed E-state index contributed by atoms with van der Waals surface area (Å²) in [7, 11) is 0. The Hall–Kier alpha value is -2.86. The Morgan fingerprint density at radius 1 is 1.04 bits per heavy atom. The predicted molar refractivity (Wildman–Crippen MR) is 92.8 cm³/mol. The number of hydrogen-bond acceptors (Lipinski definition) is 6. The lowest BCUT2D eigenvalue weighted by Crippen LogP contribution is -2.35. The van der Waals surface area contributed by atoms with E-state index in [0.29, 0.717) is 5.82 Å². The molecule has 6 nitrogen and oxygen atoms in total. The summed E-state index contributed by atoms with van der Waals surface area (Å²) >= 11 is 0. The first-order chi connectivity index (χ1) is 11.8. The zero-order chi connectivity index (χ0) is 16.8. The van der Waals surface area contributed by atoms with Crippen molar-refractivity contribution in [2.24, 2.45) is 0 Å². The van der Waals surface area contributed by atoms with E-state index in [1.807, 2.05) is 48.2 Å². The Kier molecular flexibility index (Phi) is 5.08. The highest BCUT2D eigenvalue weighted by Crippen LogP contribution is 2.27. The van der Waals surface area contributed by atoms with Crippen LogP contribution in [-0.4, -0.2) is 37.7 Å². The van der Waals surface area contributed by atoms with Crippen LogP contribution >= 0.6 is 0 Å². The van der Waals surface area contributed by atoms with Crippen molar-refractivity contribution in [2.75, 3.05) is 11.5 Å². The van der Waals surface area contributed by atoms with Crippen LogP contribution in [0.4, 0.5) is 11.6 Å². The molecule has 3 aromatic heterocycles. The molecule has 1 unspecified atom stereocenters. The third-order valence-corrected chi connectivity index (χ3v) is 3.80. The lowest BCUT2D eigenvalue weighted by Gasteiger charge is -2.30. The fraction of sp³-hybridized carbons (Fsp3) is 0.222. The van der Waals surface area contributed by atoms with Gasteiger partial charge in [0.1, 0.15) is 18.0 Å². The van der Waals surface area contributed by atoms with Crippen LogP contribution in [-0.2, 0) is 0 Å². The Bertz CT molecular complexity index is 763. The fourth-order valence-corrected chi connectivity index (χ4v) is 2.54. The quantitative estimate of drug-likeness (QED) is 0.752. The summed E-state index contributed by atoms with van der Waals surface area (Å²) in [6.07, 6.45) is 7.46. The van der Waals surface area contributed by atoms with Crippen molar-refractivity contribution < 1.29 is 5.11 Å². The van der Waals surface area contributed by atoms with Crippen LogP contribution in [0.2, 0.25) is 0 Å². The van der Waals surface area contributed by atoms with Crippen molar-refractivity contribution in [3.63, 3.8) is 0 Å². The van der Waals surface area contributed by atoms with Crippen molar-refractivity contribution in [2.45, 2.75) is 19.4 Å².